The fraction of sp³-hybridized carbons (Fsp3) is 0.455. The zero-order valence-corrected chi connectivity index (χ0v) is 11.6. The number of nitrogens with zero attached hydrogens (tertiary/aromatic N) is 1. The first-order chi connectivity index (χ1) is 7.95. The molecule has 1 rings (SSSR count). The Bertz CT molecular complexity index is 477. The molecule has 0 aliphatic heterocycles. The number of aliphatic hydroxyl groups excluding tert-OH is 1. The highest BCUT2D eigenvalue weighted by Gasteiger charge is 2.28. The Morgan fingerprint density at radius 3 is 2.71 bits per heavy atom. The normalized spacial score (nSPS) is 12.3. The molecule has 4 nitrogen and oxygen atoms in total. The Morgan fingerprint density at radius 1 is 1.59 bits per heavy atom. The van der Waals surface area contributed by atoms with Crippen LogP contribution in [0.25, 0.3) is 0 Å². The van der Waals surface area contributed by atoms with Gasteiger partial charge in [0, 0.05) is 17.5 Å². The van der Waals surface area contributed by atoms with Gasteiger partial charge in [0.25, 0.3) is 0 Å². The molecule has 0 saturated heterocycles. The summed E-state index contributed by atoms with van der Waals surface area (Å²) >= 11 is 1.24. The summed E-state index contributed by atoms with van der Waals surface area (Å²) in [4.78, 5) is 0.667. The fourth-order valence-corrected chi connectivity index (χ4v) is 4.39. The quantitative estimate of drug-likeness (QED) is 0.806. The maximum atomic E-state index is 12.4. The molecule has 0 atom stereocenters. The van der Waals surface area contributed by atoms with E-state index in [0.717, 1.165) is 0 Å². The Kier molecular flexibility index (Phi) is 4.88. The number of rotatable bonds is 6. The average molecular weight is 275 g/mol. The number of hydrogen-bond donors (Lipinski definition) is 1. The lowest BCUT2D eigenvalue weighted by atomic mass is 10.4. The van der Waals surface area contributed by atoms with Gasteiger partial charge in [0.1, 0.15) is 0 Å². The van der Waals surface area contributed by atoms with E-state index in [4.69, 9.17) is 5.11 Å². The molecule has 96 valence electrons. The highest BCUT2D eigenvalue weighted by atomic mass is 32.2. The van der Waals surface area contributed by atoms with Gasteiger partial charge in [-0.2, -0.15) is 4.31 Å². The minimum Gasteiger partial charge on any atom is -0.391 e. The van der Waals surface area contributed by atoms with Crippen LogP contribution in [0.2, 0.25) is 0 Å². The molecule has 0 aliphatic rings. The van der Waals surface area contributed by atoms with Crippen LogP contribution in [0.1, 0.15) is 18.7 Å². The standard InChI is InChI=1S/C11H17NO3S2/c1-4-6-12(9(2)3)17(14,15)11-5-7-16-10(11)8-13/h4-5,7,9,13H,1,6,8H2,2-3H3. The molecule has 0 radical (unpaired) electrons. The van der Waals surface area contributed by atoms with Crippen LogP contribution < -0.4 is 0 Å². The summed E-state index contributed by atoms with van der Waals surface area (Å²) in [5.74, 6) is 0. The fourth-order valence-electron chi connectivity index (χ4n) is 1.51. The maximum absolute atomic E-state index is 12.4. The molecule has 0 saturated carbocycles. The monoisotopic (exact) mass is 275 g/mol. The van der Waals surface area contributed by atoms with Crippen LogP contribution >= 0.6 is 11.3 Å². The number of sulfonamides is 1. The van der Waals surface area contributed by atoms with E-state index in [-0.39, 0.29) is 24.1 Å². The van der Waals surface area contributed by atoms with Gasteiger partial charge in [-0.05, 0) is 25.3 Å². The van der Waals surface area contributed by atoms with Gasteiger partial charge in [0.05, 0.1) is 11.5 Å². The SMILES string of the molecule is C=CCN(C(C)C)S(=O)(=O)c1ccsc1CO. The molecule has 0 unspecified atom stereocenters. The smallest absolute Gasteiger partial charge is 0.244 e. The van der Waals surface area contributed by atoms with Gasteiger partial charge in [0.2, 0.25) is 10.0 Å². The van der Waals surface area contributed by atoms with Crippen molar-refractivity contribution in [2.45, 2.75) is 31.4 Å². The van der Waals surface area contributed by atoms with Gasteiger partial charge in [-0.1, -0.05) is 6.08 Å². The first-order valence-electron chi connectivity index (χ1n) is 5.25. The predicted octanol–water partition coefficient (Wildman–Crippen LogP) is 1.83. The average Bonchev–Trinajstić information content (AvgIpc) is 2.73. The van der Waals surface area contributed by atoms with Crippen LogP contribution in [0.15, 0.2) is 29.0 Å². The lowest BCUT2D eigenvalue weighted by molar-refractivity contribution is 0.282. The van der Waals surface area contributed by atoms with Gasteiger partial charge in [0.15, 0.2) is 0 Å². The van der Waals surface area contributed by atoms with Crippen molar-refractivity contribution < 1.29 is 13.5 Å². The van der Waals surface area contributed by atoms with Crippen molar-refractivity contribution in [3.8, 4) is 0 Å². The summed E-state index contributed by atoms with van der Waals surface area (Å²) < 4.78 is 26.1. The molecular formula is C11H17NO3S2. The second-order valence-electron chi connectivity index (χ2n) is 3.82. The van der Waals surface area contributed by atoms with Crippen molar-refractivity contribution in [2.24, 2.45) is 0 Å². The number of aliphatic hydroxyl groups is 1. The van der Waals surface area contributed by atoms with Crippen molar-refractivity contribution in [2.75, 3.05) is 6.54 Å². The van der Waals surface area contributed by atoms with Gasteiger partial charge in [-0.15, -0.1) is 17.9 Å². The summed E-state index contributed by atoms with van der Waals surface area (Å²) in [6.45, 7) is 7.20. The lowest BCUT2D eigenvalue weighted by Gasteiger charge is -2.24. The zero-order chi connectivity index (χ0) is 13.1. The molecule has 1 heterocycles. The molecule has 0 aliphatic carbocycles. The molecular weight excluding hydrogens is 258 g/mol. The minimum atomic E-state index is -3.55. The second kappa shape index (κ2) is 5.77. The van der Waals surface area contributed by atoms with Gasteiger partial charge in [-0.3, -0.25) is 0 Å². The zero-order valence-electron chi connectivity index (χ0n) is 9.96. The van der Waals surface area contributed by atoms with E-state index < -0.39 is 10.0 Å². The van der Waals surface area contributed by atoms with Crippen LogP contribution in [0.3, 0.4) is 0 Å². The molecule has 0 amide bonds. The van der Waals surface area contributed by atoms with Crippen LogP contribution in [-0.2, 0) is 16.6 Å². The maximum Gasteiger partial charge on any atom is 0.244 e. The van der Waals surface area contributed by atoms with Crippen molar-refractivity contribution in [3.05, 3.63) is 29.0 Å². The van der Waals surface area contributed by atoms with Crippen LogP contribution in [0.5, 0.6) is 0 Å². The third-order valence-electron chi connectivity index (χ3n) is 2.32. The summed E-state index contributed by atoms with van der Waals surface area (Å²) in [7, 11) is -3.55. The molecule has 1 aromatic rings. The second-order valence-corrected chi connectivity index (χ2v) is 6.68. The largest absolute Gasteiger partial charge is 0.391 e. The number of hydrogen-bond acceptors (Lipinski definition) is 4. The van der Waals surface area contributed by atoms with E-state index in [1.807, 2.05) is 13.8 Å². The molecule has 0 fully saturated rings. The minimum absolute atomic E-state index is 0.149. The van der Waals surface area contributed by atoms with E-state index in [1.165, 1.54) is 21.7 Å². The first kappa shape index (κ1) is 14.4. The third kappa shape index (κ3) is 2.95. The Labute approximate surface area is 106 Å². The Hall–Kier alpha value is -0.690. The van der Waals surface area contributed by atoms with Gasteiger partial charge in [-0.25, -0.2) is 8.42 Å². The molecule has 1 aromatic heterocycles. The predicted molar refractivity (Wildman–Crippen MR) is 69.5 cm³/mol. The summed E-state index contributed by atoms with van der Waals surface area (Å²) in [6, 6.07) is 1.38. The van der Waals surface area contributed by atoms with Crippen molar-refractivity contribution in [1.82, 2.24) is 4.31 Å². The van der Waals surface area contributed by atoms with E-state index in [0.29, 0.717) is 4.88 Å². The summed E-state index contributed by atoms with van der Waals surface area (Å²) in [5.41, 5.74) is 0. The van der Waals surface area contributed by atoms with Crippen LogP contribution in [0, 0.1) is 0 Å². The van der Waals surface area contributed by atoms with Crippen LogP contribution in [0.4, 0.5) is 0 Å². The third-order valence-corrected chi connectivity index (χ3v) is 5.48. The summed E-state index contributed by atoms with van der Waals surface area (Å²) in [5, 5.41) is 10.8. The molecule has 0 aromatic carbocycles. The first-order valence-corrected chi connectivity index (χ1v) is 7.57. The highest BCUT2D eigenvalue weighted by molar-refractivity contribution is 7.89. The highest BCUT2D eigenvalue weighted by Crippen LogP contribution is 2.26. The Morgan fingerprint density at radius 2 is 2.24 bits per heavy atom. The van der Waals surface area contributed by atoms with Gasteiger partial charge >= 0.3 is 0 Å². The van der Waals surface area contributed by atoms with Crippen molar-refractivity contribution >= 4 is 21.4 Å². The van der Waals surface area contributed by atoms with E-state index >= 15 is 0 Å². The van der Waals surface area contributed by atoms with E-state index in [2.05, 4.69) is 6.58 Å². The van der Waals surface area contributed by atoms with Crippen molar-refractivity contribution in [3.63, 3.8) is 0 Å². The summed E-state index contributed by atoms with van der Waals surface area (Å²) in [6.07, 6.45) is 1.56. The molecule has 6 heteroatoms. The van der Waals surface area contributed by atoms with E-state index in [1.54, 1.807) is 11.5 Å². The Balaban J connectivity index is 3.21. The molecule has 1 N–H and O–H groups in total. The molecule has 0 bridgehead atoms. The molecule has 0 spiro atoms. The topological polar surface area (TPSA) is 57.6 Å². The van der Waals surface area contributed by atoms with Crippen LogP contribution in [-0.4, -0.2) is 30.4 Å². The number of thiophene rings is 1. The lowest BCUT2D eigenvalue weighted by Crippen LogP contribution is -2.37. The van der Waals surface area contributed by atoms with Gasteiger partial charge < -0.3 is 5.11 Å². The van der Waals surface area contributed by atoms with E-state index in [9.17, 15) is 8.42 Å². The van der Waals surface area contributed by atoms with Crippen molar-refractivity contribution in [1.29, 1.82) is 0 Å². The molecule has 17 heavy (non-hydrogen) atoms.